The molecular weight excluding hydrogens is 285 g/mol. The van der Waals surface area contributed by atoms with E-state index in [1.807, 2.05) is 0 Å². The van der Waals surface area contributed by atoms with Crippen LogP contribution in [0.3, 0.4) is 0 Å². The molecule has 100 valence electrons. The van der Waals surface area contributed by atoms with Gasteiger partial charge in [-0.2, -0.15) is 20.1 Å². The Labute approximate surface area is 117 Å². The van der Waals surface area contributed by atoms with E-state index in [0.717, 1.165) is 0 Å². The minimum Gasteiger partial charge on any atom is -0.424 e. The van der Waals surface area contributed by atoms with Gasteiger partial charge in [-0.1, -0.05) is 6.07 Å². The molecule has 0 unspecified atom stereocenters. The number of nitrogens with zero attached hydrogens (tertiary/aromatic N) is 5. The molecule has 0 bridgehead atoms. The molecule has 2 aromatic heterocycles. The van der Waals surface area contributed by atoms with Gasteiger partial charge in [-0.3, -0.25) is 0 Å². The Morgan fingerprint density at radius 3 is 2.80 bits per heavy atom. The van der Waals surface area contributed by atoms with E-state index < -0.39 is 5.82 Å². The van der Waals surface area contributed by atoms with Crippen LogP contribution in [0.1, 0.15) is 0 Å². The largest absolute Gasteiger partial charge is 0.424 e. The predicted octanol–water partition coefficient (Wildman–Crippen LogP) is 2.64. The summed E-state index contributed by atoms with van der Waals surface area (Å²) in [5.74, 6) is 0.0510. The molecule has 0 atom stereocenters. The van der Waals surface area contributed by atoms with Gasteiger partial charge in [0.1, 0.15) is 11.6 Å². The summed E-state index contributed by atoms with van der Waals surface area (Å²) in [4.78, 5) is 11.8. The normalized spacial score (nSPS) is 10.5. The van der Waals surface area contributed by atoms with Crippen molar-refractivity contribution in [2.45, 2.75) is 0 Å². The Kier molecular flexibility index (Phi) is 3.26. The zero-order valence-corrected chi connectivity index (χ0v) is 10.7. The molecule has 20 heavy (non-hydrogen) atoms. The first-order valence-corrected chi connectivity index (χ1v) is 5.93. The summed E-state index contributed by atoms with van der Waals surface area (Å²) in [7, 11) is 0. The van der Waals surface area contributed by atoms with Gasteiger partial charge in [0, 0.05) is 18.5 Å². The summed E-state index contributed by atoms with van der Waals surface area (Å²) in [5, 5.41) is 3.94. The number of hydrogen-bond acceptors (Lipinski definition) is 5. The fourth-order valence-corrected chi connectivity index (χ4v) is 1.64. The molecule has 6 nitrogen and oxygen atoms in total. The van der Waals surface area contributed by atoms with E-state index >= 15 is 0 Å². The predicted molar refractivity (Wildman–Crippen MR) is 68.4 cm³/mol. The van der Waals surface area contributed by atoms with E-state index in [-0.39, 0.29) is 23.0 Å². The van der Waals surface area contributed by atoms with Crippen molar-refractivity contribution >= 4 is 11.6 Å². The average Bonchev–Trinajstić information content (AvgIpc) is 2.91. The van der Waals surface area contributed by atoms with Crippen LogP contribution in [-0.4, -0.2) is 24.7 Å². The Morgan fingerprint density at radius 1 is 1.15 bits per heavy atom. The smallest absolute Gasteiger partial charge is 0.328 e. The first kappa shape index (κ1) is 12.5. The number of ether oxygens (including phenoxy) is 1. The van der Waals surface area contributed by atoms with E-state index in [4.69, 9.17) is 16.3 Å². The van der Waals surface area contributed by atoms with Gasteiger partial charge in [0.2, 0.25) is 5.28 Å². The van der Waals surface area contributed by atoms with Crippen molar-refractivity contribution in [1.29, 1.82) is 0 Å². The van der Waals surface area contributed by atoms with Gasteiger partial charge < -0.3 is 4.74 Å². The standard InChI is InChI=1S/C12H7ClFN5O/c13-10-16-11(19-6-2-5-15-19)18-12(17-10)20-9-4-1-3-8(14)7-9/h1-7H. The van der Waals surface area contributed by atoms with Crippen LogP contribution >= 0.6 is 11.6 Å². The average molecular weight is 292 g/mol. The minimum absolute atomic E-state index is 0.0406. The quantitative estimate of drug-likeness (QED) is 0.742. The zero-order chi connectivity index (χ0) is 13.9. The van der Waals surface area contributed by atoms with Crippen LogP contribution in [0.2, 0.25) is 5.28 Å². The maximum Gasteiger partial charge on any atom is 0.328 e. The third kappa shape index (κ3) is 2.72. The van der Waals surface area contributed by atoms with E-state index in [1.165, 1.54) is 22.9 Å². The fourth-order valence-electron chi connectivity index (χ4n) is 1.49. The Balaban J connectivity index is 1.94. The Morgan fingerprint density at radius 2 is 2.05 bits per heavy atom. The third-order valence-corrected chi connectivity index (χ3v) is 2.46. The van der Waals surface area contributed by atoms with Crippen LogP contribution in [0, 0.1) is 5.82 Å². The van der Waals surface area contributed by atoms with Crippen LogP contribution in [0.5, 0.6) is 11.8 Å². The summed E-state index contributed by atoms with van der Waals surface area (Å²) in [5.41, 5.74) is 0. The third-order valence-electron chi connectivity index (χ3n) is 2.29. The van der Waals surface area contributed by atoms with Crippen LogP contribution in [0.25, 0.3) is 5.95 Å². The van der Waals surface area contributed by atoms with Crippen molar-refractivity contribution in [3.8, 4) is 17.7 Å². The molecule has 2 heterocycles. The molecule has 1 aromatic carbocycles. The second-order valence-electron chi connectivity index (χ2n) is 3.70. The Bertz CT molecular complexity index is 734. The van der Waals surface area contributed by atoms with Crippen LogP contribution in [-0.2, 0) is 0 Å². The van der Waals surface area contributed by atoms with Gasteiger partial charge in [-0.25, -0.2) is 9.07 Å². The molecule has 0 aliphatic rings. The van der Waals surface area contributed by atoms with Crippen molar-refractivity contribution in [2.75, 3.05) is 0 Å². The van der Waals surface area contributed by atoms with Crippen molar-refractivity contribution in [3.63, 3.8) is 0 Å². The minimum atomic E-state index is -0.421. The lowest BCUT2D eigenvalue weighted by Crippen LogP contribution is -2.05. The lowest BCUT2D eigenvalue weighted by atomic mass is 10.3. The molecular formula is C12H7ClFN5O. The van der Waals surface area contributed by atoms with Crippen molar-refractivity contribution < 1.29 is 9.13 Å². The molecule has 3 rings (SSSR count). The van der Waals surface area contributed by atoms with E-state index in [0.29, 0.717) is 0 Å². The Hall–Kier alpha value is -2.54. The second kappa shape index (κ2) is 5.22. The fraction of sp³-hybridized carbons (Fsp3) is 0. The highest BCUT2D eigenvalue weighted by Gasteiger charge is 2.09. The summed E-state index contributed by atoms with van der Waals surface area (Å²) >= 11 is 5.81. The van der Waals surface area contributed by atoms with Crippen LogP contribution in [0.4, 0.5) is 4.39 Å². The van der Waals surface area contributed by atoms with Gasteiger partial charge >= 0.3 is 6.01 Å². The van der Waals surface area contributed by atoms with Gasteiger partial charge in [0.15, 0.2) is 0 Å². The molecule has 0 spiro atoms. The molecule has 0 N–H and O–H groups in total. The molecule has 0 radical (unpaired) electrons. The number of halogens is 2. The van der Waals surface area contributed by atoms with E-state index in [1.54, 1.807) is 24.5 Å². The van der Waals surface area contributed by atoms with Crippen LogP contribution < -0.4 is 4.74 Å². The van der Waals surface area contributed by atoms with Gasteiger partial charge in [-0.05, 0) is 29.8 Å². The van der Waals surface area contributed by atoms with Crippen LogP contribution in [0.15, 0.2) is 42.7 Å². The summed E-state index contributed by atoms with van der Waals surface area (Å²) in [6.45, 7) is 0. The molecule has 0 saturated carbocycles. The molecule has 0 amide bonds. The monoisotopic (exact) mass is 291 g/mol. The van der Waals surface area contributed by atoms with Crippen molar-refractivity contribution in [3.05, 3.63) is 53.8 Å². The topological polar surface area (TPSA) is 65.7 Å². The summed E-state index contributed by atoms with van der Waals surface area (Å²) < 4.78 is 19.8. The highest BCUT2D eigenvalue weighted by atomic mass is 35.5. The summed E-state index contributed by atoms with van der Waals surface area (Å²) in [6, 6.07) is 7.29. The maximum absolute atomic E-state index is 13.1. The molecule has 3 aromatic rings. The second-order valence-corrected chi connectivity index (χ2v) is 4.04. The number of aromatic nitrogens is 5. The zero-order valence-electron chi connectivity index (χ0n) is 9.94. The molecule has 0 aliphatic carbocycles. The maximum atomic E-state index is 13.1. The first-order chi connectivity index (χ1) is 9.70. The number of rotatable bonds is 3. The first-order valence-electron chi connectivity index (χ1n) is 5.56. The lowest BCUT2D eigenvalue weighted by Gasteiger charge is -2.05. The molecule has 8 heteroatoms. The van der Waals surface area contributed by atoms with Gasteiger partial charge in [-0.15, -0.1) is 0 Å². The van der Waals surface area contributed by atoms with Crippen molar-refractivity contribution in [1.82, 2.24) is 24.7 Å². The van der Waals surface area contributed by atoms with Gasteiger partial charge in [0.05, 0.1) is 0 Å². The number of benzene rings is 1. The lowest BCUT2D eigenvalue weighted by molar-refractivity contribution is 0.433. The molecule has 0 saturated heterocycles. The van der Waals surface area contributed by atoms with E-state index in [2.05, 4.69) is 20.1 Å². The summed E-state index contributed by atoms with van der Waals surface area (Å²) in [6.07, 6.45) is 3.22. The molecule has 0 aliphatic heterocycles. The highest BCUT2D eigenvalue weighted by molar-refractivity contribution is 6.28. The highest BCUT2D eigenvalue weighted by Crippen LogP contribution is 2.20. The van der Waals surface area contributed by atoms with Gasteiger partial charge in [0.25, 0.3) is 5.95 Å². The SMILES string of the molecule is Fc1cccc(Oc2nc(Cl)nc(-n3cccn3)n2)c1. The number of hydrogen-bond donors (Lipinski definition) is 0. The van der Waals surface area contributed by atoms with Crippen molar-refractivity contribution in [2.24, 2.45) is 0 Å². The van der Waals surface area contributed by atoms with E-state index in [9.17, 15) is 4.39 Å². The molecule has 0 fully saturated rings.